The molecule has 1 saturated carbocycles. The van der Waals surface area contributed by atoms with E-state index in [0.29, 0.717) is 6.61 Å². The van der Waals surface area contributed by atoms with Crippen LogP contribution in [0.1, 0.15) is 31.5 Å². The minimum atomic E-state index is 0.155. The quantitative estimate of drug-likeness (QED) is 0.837. The van der Waals surface area contributed by atoms with E-state index in [4.69, 9.17) is 0 Å². The third kappa shape index (κ3) is 2.09. The molecule has 0 amide bonds. The second-order valence-corrected chi connectivity index (χ2v) is 5.52. The molecule has 1 aromatic rings. The standard InChI is InChI=1S/C12H20N4O/c17-9-12(3-1-2-4-12)8-15-5-6-16-10-13-14-11(16)7-15/h10,17H,1-9H2. The maximum Gasteiger partial charge on any atom is 0.147 e. The van der Waals surface area contributed by atoms with Crippen LogP contribution in [-0.2, 0) is 13.1 Å². The zero-order chi connectivity index (χ0) is 11.7. The van der Waals surface area contributed by atoms with Gasteiger partial charge in [-0.25, -0.2) is 0 Å². The maximum absolute atomic E-state index is 9.64. The van der Waals surface area contributed by atoms with E-state index >= 15 is 0 Å². The second-order valence-electron chi connectivity index (χ2n) is 5.52. The first kappa shape index (κ1) is 11.2. The molecule has 5 nitrogen and oxygen atoms in total. The molecule has 94 valence electrons. The van der Waals surface area contributed by atoms with Gasteiger partial charge in [0.05, 0.1) is 6.54 Å². The van der Waals surface area contributed by atoms with Crippen molar-refractivity contribution in [2.45, 2.75) is 38.8 Å². The third-order valence-corrected chi connectivity index (χ3v) is 4.28. The molecule has 0 atom stereocenters. The fourth-order valence-corrected chi connectivity index (χ4v) is 3.22. The summed E-state index contributed by atoms with van der Waals surface area (Å²) in [6.45, 7) is 4.24. The zero-order valence-electron chi connectivity index (χ0n) is 10.2. The maximum atomic E-state index is 9.64. The van der Waals surface area contributed by atoms with Crippen molar-refractivity contribution in [3.63, 3.8) is 0 Å². The van der Waals surface area contributed by atoms with E-state index in [2.05, 4.69) is 19.7 Å². The van der Waals surface area contributed by atoms with Crippen LogP contribution in [0.15, 0.2) is 6.33 Å². The first-order valence-corrected chi connectivity index (χ1v) is 6.51. The predicted molar refractivity (Wildman–Crippen MR) is 63.3 cm³/mol. The Labute approximate surface area is 101 Å². The molecule has 2 heterocycles. The molecule has 1 fully saturated rings. The van der Waals surface area contributed by atoms with Gasteiger partial charge in [-0.15, -0.1) is 10.2 Å². The number of nitrogens with zero attached hydrogens (tertiary/aromatic N) is 4. The molecule has 2 aliphatic rings. The molecule has 17 heavy (non-hydrogen) atoms. The summed E-state index contributed by atoms with van der Waals surface area (Å²) in [5, 5.41) is 17.7. The van der Waals surface area contributed by atoms with Gasteiger partial charge in [-0.2, -0.15) is 0 Å². The smallest absolute Gasteiger partial charge is 0.147 e. The van der Waals surface area contributed by atoms with Crippen LogP contribution in [0.4, 0.5) is 0 Å². The number of aromatic nitrogens is 3. The molecule has 0 bridgehead atoms. The first-order chi connectivity index (χ1) is 8.31. The highest BCUT2D eigenvalue weighted by atomic mass is 16.3. The van der Waals surface area contributed by atoms with Gasteiger partial charge in [0, 0.05) is 31.7 Å². The highest BCUT2D eigenvalue weighted by molar-refractivity contribution is 4.93. The van der Waals surface area contributed by atoms with Crippen LogP contribution in [0.5, 0.6) is 0 Å². The Balaban J connectivity index is 1.67. The Morgan fingerprint density at radius 1 is 1.29 bits per heavy atom. The van der Waals surface area contributed by atoms with Gasteiger partial charge in [-0.05, 0) is 12.8 Å². The lowest BCUT2D eigenvalue weighted by Crippen LogP contribution is -2.42. The molecular formula is C12H20N4O. The summed E-state index contributed by atoms with van der Waals surface area (Å²) in [5.41, 5.74) is 0.155. The monoisotopic (exact) mass is 236 g/mol. The Morgan fingerprint density at radius 3 is 2.88 bits per heavy atom. The Morgan fingerprint density at radius 2 is 2.12 bits per heavy atom. The van der Waals surface area contributed by atoms with Crippen LogP contribution in [-0.4, -0.2) is 44.5 Å². The summed E-state index contributed by atoms with van der Waals surface area (Å²) >= 11 is 0. The van der Waals surface area contributed by atoms with Crippen LogP contribution in [0, 0.1) is 5.41 Å². The SMILES string of the molecule is OCC1(CN2CCn3cnnc3C2)CCCC1. The summed E-state index contributed by atoms with van der Waals surface area (Å²) in [6.07, 6.45) is 6.69. The summed E-state index contributed by atoms with van der Waals surface area (Å²) in [6, 6.07) is 0. The van der Waals surface area contributed by atoms with Crippen LogP contribution >= 0.6 is 0 Å². The van der Waals surface area contributed by atoms with Crippen molar-refractivity contribution in [3.05, 3.63) is 12.2 Å². The first-order valence-electron chi connectivity index (χ1n) is 6.51. The van der Waals surface area contributed by atoms with Gasteiger partial charge < -0.3 is 9.67 Å². The molecule has 1 aromatic heterocycles. The normalized spacial score (nSPS) is 23.8. The minimum absolute atomic E-state index is 0.155. The van der Waals surface area contributed by atoms with Gasteiger partial charge in [0.2, 0.25) is 0 Å². The van der Waals surface area contributed by atoms with Crippen LogP contribution < -0.4 is 0 Å². The molecule has 0 unspecified atom stereocenters. The van der Waals surface area contributed by atoms with Crippen molar-refractivity contribution in [2.24, 2.45) is 5.41 Å². The lowest BCUT2D eigenvalue weighted by molar-refractivity contribution is 0.0653. The molecule has 1 aliphatic heterocycles. The van der Waals surface area contributed by atoms with Gasteiger partial charge in [0.1, 0.15) is 12.2 Å². The van der Waals surface area contributed by atoms with E-state index in [-0.39, 0.29) is 5.41 Å². The lowest BCUT2D eigenvalue weighted by Gasteiger charge is -2.35. The van der Waals surface area contributed by atoms with Gasteiger partial charge in [0.25, 0.3) is 0 Å². The number of fused-ring (bicyclic) bond motifs is 1. The molecule has 3 rings (SSSR count). The van der Waals surface area contributed by atoms with Gasteiger partial charge in [0.15, 0.2) is 0 Å². The van der Waals surface area contributed by atoms with Crippen molar-refractivity contribution in [1.29, 1.82) is 0 Å². The van der Waals surface area contributed by atoms with Crippen molar-refractivity contribution in [3.8, 4) is 0 Å². The van der Waals surface area contributed by atoms with Crippen molar-refractivity contribution in [1.82, 2.24) is 19.7 Å². The van der Waals surface area contributed by atoms with Crippen LogP contribution in [0.25, 0.3) is 0 Å². The largest absolute Gasteiger partial charge is 0.396 e. The van der Waals surface area contributed by atoms with E-state index in [9.17, 15) is 5.11 Å². The van der Waals surface area contributed by atoms with E-state index in [1.165, 1.54) is 25.7 Å². The van der Waals surface area contributed by atoms with Gasteiger partial charge >= 0.3 is 0 Å². The highest BCUT2D eigenvalue weighted by Gasteiger charge is 2.35. The average molecular weight is 236 g/mol. The zero-order valence-corrected chi connectivity index (χ0v) is 10.2. The second kappa shape index (κ2) is 4.38. The molecular weight excluding hydrogens is 216 g/mol. The molecule has 0 spiro atoms. The highest BCUT2D eigenvalue weighted by Crippen LogP contribution is 2.38. The van der Waals surface area contributed by atoms with E-state index in [1.54, 1.807) is 0 Å². The molecule has 1 N–H and O–H groups in total. The summed E-state index contributed by atoms with van der Waals surface area (Å²) in [5.74, 6) is 1.06. The Kier molecular flexibility index (Phi) is 2.88. The number of hydrogen-bond donors (Lipinski definition) is 1. The molecule has 0 aromatic carbocycles. The van der Waals surface area contributed by atoms with Crippen molar-refractivity contribution >= 4 is 0 Å². The number of hydrogen-bond acceptors (Lipinski definition) is 4. The molecule has 5 heteroatoms. The fraction of sp³-hybridized carbons (Fsp3) is 0.833. The average Bonchev–Trinajstić information content (AvgIpc) is 2.97. The number of aliphatic hydroxyl groups is 1. The predicted octanol–water partition coefficient (Wildman–Crippen LogP) is 0.646. The van der Waals surface area contributed by atoms with E-state index < -0.39 is 0 Å². The summed E-state index contributed by atoms with van der Waals surface area (Å²) in [4.78, 5) is 2.42. The summed E-state index contributed by atoms with van der Waals surface area (Å²) in [7, 11) is 0. The summed E-state index contributed by atoms with van der Waals surface area (Å²) < 4.78 is 2.12. The Bertz CT molecular complexity index is 384. The molecule has 0 saturated heterocycles. The lowest BCUT2D eigenvalue weighted by atomic mass is 9.86. The van der Waals surface area contributed by atoms with Crippen LogP contribution in [0.3, 0.4) is 0 Å². The van der Waals surface area contributed by atoms with Crippen molar-refractivity contribution < 1.29 is 5.11 Å². The minimum Gasteiger partial charge on any atom is -0.396 e. The third-order valence-electron chi connectivity index (χ3n) is 4.28. The van der Waals surface area contributed by atoms with Gasteiger partial charge in [-0.3, -0.25) is 4.90 Å². The molecule has 1 aliphatic carbocycles. The topological polar surface area (TPSA) is 54.2 Å². The van der Waals surface area contributed by atoms with E-state index in [0.717, 1.165) is 32.0 Å². The molecule has 0 radical (unpaired) electrons. The van der Waals surface area contributed by atoms with Crippen LogP contribution in [0.2, 0.25) is 0 Å². The van der Waals surface area contributed by atoms with E-state index in [1.807, 2.05) is 6.33 Å². The van der Waals surface area contributed by atoms with Crippen molar-refractivity contribution in [2.75, 3.05) is 19.7 Å². The Hall–Kier alpha value is -0.940. The van der Waals surface area contributed by atoms with Gasteiger partial charge in [-0.1, -0.05) is 12.8 Å². The fourth-order valence-electron chi connectivity index (χ4n) is 3.22. The number of aliphatic hydroxyl groups excluding tert-OH is 1. The number of rotatable bonds is 3.